The number of benzene rings is 1. The predicted molar refractivity (Wildman–Crippen MR) is 93.2 cm³/mol. The summed E-state index contributed by atoms with van der Waals surface area (Å²) in [5.41, 5.74) is 1.08. The van der Waals surface area contributed by atoms with Crippen LogP contribution in [0.5, 0.6) is 0 Å². The van der Waals surface area contributed by atoms with E-state index >= 15 is 0 Å². The van der Waals surface area contributed by atoms with Gasteiger partial charge in [0.15, 0.2) is 0 Å². The van der Waals surface area contributed by atoms with Crippen LogP contribution in [0.1, 0.15) is 29.8 Å². The summed E-state index contributed by atoms with van der Waals surface area (Å²) in [5.74, 6) is 0. The maximum Gasteiger partial charge on any atom is 0.0467 e. The average Bonchev–Trinajstić information content (AvgIpc) is 2.84. The quantitative estimate of drug-likeness (QED) is 0.625. The summed E-state index contributed by atoms with van der Waals surface area (Å²) in [5, 5.41) is 7.18. The van der Waals surface area contributed by atoms with Crippen LogP contribution in [0.15, 0.2) is 34.1 Å². The Kier molecular flexibility index (Phi) is 6.37. The molecule has 20 heavy (non-hydrogen) atoms. The molecular weight excluding hydrogens is 377 g/mol. The van der Waals surface area contributed by atoms with Gasteiger partial charge in [-0.15, -0.1) is 11.3 Å². The third kappa shape index (κ3) is 4.22. The van der Waals surface area contributed by atoms with E-state index in [2.05, 4.69) is 39.6 Å². The van der Waals surface area contributed by atoms with Crippen molar-refractivity contribution in [3.63, 3.8) is 0 Å². The van der Waals surface area contributed by atoms with Gasteiger partial charge in [-0.05, 0) is 70.5 Å². The largest absolute Gasteiger partial charge is 0.309 e. The van der Waals surface area contributed by atoms with Crippen LogP contribution in [0.3, 0.4) is 0 Å². The smallest absolute Gasteiger partial charge is 0.0467 e. The van der Waals surface area contributed by atoms with Crippen molar-refractivity contribution in [3.8, 4) is 0 Å². The molecule has 0 saturated heterocycles. The van der Waals surface area contributed by atoms with Gasteiger partial charge in [0.25, 0.3) is 0 Å². The molecular formula is C15H16BrCl2NS. The Balaban J connectivity index is 2.23. The summed E-state index contributed by atoms with van der Waals surface area (Å²) >= 11 is 17.7. The Hall–Kier alpha value is -0.0600. The maximum absolute atomic E-state index is 6.28. The molecule has 1 nitrogen and oxygen atoms in total. The van der Waals surface area contributed by atoms with Gasteiger partial charge < -0.3 is 5.32 Å². The third-order valence-corrected chi connectivity index (χ3v) is 5.62. The molecule has 5 heteroatoms. The van der Waals surface area contributed by atoms with Crippen molar-refractivity contribution in [2.24, 2.45) is 0 Å². The molecule has 1 aromatic carbocycles. The fraction of sp³-hybridized carbons (Fsp3) is 0.333. The molecule has 0 amide bonds. The van der Waals surface area contributed by atoms with Gasteiger partial charge in [-0.3, -0.25) is 0 Å². The molecule has 0 bridgehead atoms. The number of hydrogen-bond acceptors (Lipinski definition) is 2. The Morgan fingerprint density at radius 3 is 2.75 bits per heavy atom. The predicted octanol–water partition coefficient (Wildman–Crippen LogP) is 6.10. The highest BCUT2D eigenvalue weighted by molar-refractivity contribution is 9.10. The van der Waals surface area contributed by atoms with Crippen LogP contribution in [0.2, 0.25) is 10.0 Å². The molecule has 0 saturated carbocycles. The van der Waals surface area contributed by atoms with Crippen molar-refractivity contribution < 1.29 is 0 Å². The normalized spacial score (nSPS) is 12.6. The Morgan fingerprint density at radius 2 is 2.10 bits per heavy atom. The van der Waals surface area contributed by atoms with Crippen LogP contribution in [-0.2, 0) is 6.42 Å². The molecule has 0 radical (unpaired) electrons. The first-order valence-electron chi connectivity index (χ1n) is 6.52. The maximum atomic E-state index is 6.28. The van der Waals surface area contributed by atoms with Crippen LogP contribution >= 0.6 is 50.5 Å². The first-order chi connectivity index (χ1) is 9.61. The fourth-order valence-corrected chi connectivity index (χ4v) is 4.17. The second-order valence-electron chi connectivity index (χ2n) is 4.58. The molecule has 1 N–H and O–H groups in total. The lowest BCUT2D eigenvalue weighted by Crippen LogP contribution is -2.23. The minimum absolute atomic E-state index is 0.250. The number of nitrogens with one attached hydrogen (secondary N) is 1. The van der Waals surface area contributed by atoms with E-state index in [1.807, 2.05) is 18.2 Å². The van der Waals surface area contributed by atoms with Crippen LogP contribution < -0.4 is 5.32 Å². The molecule has 1 heterocycles. The number of rotatable bonds is 6. The number of thiophene rings is 1. The van der Waals surface area contributed by atoms with Crippen molar-refractivity contribution in [2.75, 3.05) is 6.54 Å². The standard InChI is InChI=1S/C15H16BrCl2NS/c1-2-6-19-14(15-12(16)5-7-20-15)9-10-8-11(17)3-4-13(10)18/h3-5,7-8,14,19H,2,6,9H2,1H3. The van der Waals surface area contributed by atoms with Gasteiger partial charge >= 0.3 is 0 Å². The molecule has 1 unspecified atom stereocenters. The highest BCUT2D eigenvalue weighted by atomic mass is 79.9. The fourth-order valence-electron chi connectivity index (χ4n) is 2.05. The Bertz CT molecular complexity index is 571. The summed E-state index contributed by atoms with van der Waals surface area (Å²) in [6.45, 7) is 3.15. The van der Waals surface area contributed by atoms with Gasteiger partial charge in [-0.1, -0.05) is 30.1 Å². The second-order valence-corrected chi connectivity index (χ2v) is 7.23. The lowest BCUT2D eigenvalue weighted by molar-refractivity contribution is 0.535. The highest BCUT2D eigenvalue weighted by Gasteiger charge is 2.17. The number of halogens is 3. The number of hydrogen-bond donors (Lipinski definition) is 1. The van der Waals surface area contributed by atoms with E-state index in [1.165, 1.54) is 4.88 Å². The van der Waals surface area contributed by atoms with Crippen molar-refractivity contribution >= 4 is 50.5 Å². The molecule has 1 aromatic heterocycles. The van der Waals surface area contributed by atoms with E-state index in [9.17, 15) is 0 Å². The molecule has 108 valence electrons. The third-order valence-electron chi connectivity index (χ3n) is 3.03. The first kappa shape index (κ1) is 16.3. The van der Waals surface area contributed by atoms with E-state index in [4.69, 9.17) is 23.2 Å². The molecule has 2 aromatic rings. The summed E-state index contributed by atoms with van der Waals surface area (Å²) in [6, 6.07) is 7.97. The summed E-state index contributed by atoms with van der Waals surface area (Å²) in [7, 11) is 0. The van der Waals surface area contributed by atoms with E-state index in [0.29, 0.717) is 0 Å². The molecule has 0 fully saturated rings. The van der Waals surface area contributed by atoms with Crippen molar-refractivity contribution in [3.05, 3.63) is 54.6 Å². The zero-order valence-corrected chi connectivity index (χ0v) is 15.0. The van der Waals surface area contributed by atoms with Gasteiger partial charge in [-0.2, -0.15) is 0 Å². The lowest BCUT2D eigenvalue weighted by Gasteiger charge is -2.19. The molecule has 1 atom stereocenters. The molecule has 0 aliphatic rings. The van der Waals surface area contributed by atoms with Crippen LogP contribution in [0.25, 0.3) is 0 Å². The second kappa shape index (κ2) is 7.81. The lowest BCUT2D eigenvalue weighted by atomic mass is 10.0. The average molecular weight is 393 g/mol. The van der Waals surface area contributed by atoms with E-state index < -0.39 is 0 Å². The summed E-state index contributed by atoms with van der Waals surface area (Å²) in [4.78, 5) is 1.30. The molecule has 0 aliphatic heterocycles. The Labute approximate surface area is 142 Å². The van der Waals surface area contributed by atoms with E-state index in [1.54, 1.807) is 11.3 Å². The van der Waals surface area contributed by atoms with Gasteiger partial charge in [0.1, 0.15) is 0 Å². The van der Waals surface area contributed by atoms with Gasteiger partial charge in [0.05, 0.1) is 0 Å². The van der Waals surface area contributed by atoms with E-state index in [-0.39, 0.29) is 6.04 Å². The van der Waals surface area contributed by atoms with Gasteiger partial charge in [0, 0.05) is 25.4 Å². The summed E-state index contributed by atoms with van der Waals surface area (Å²) < 4.78 is 1.15. The molecule has 0 spiro atoms. The van der Waals surface area contributed by atoms with Gasteiger partial charge in [-0.25, -0.2) is 0 Å². The zero-order chi connectivity index (χ0) is 14.5. The monoisotopic (exact) mass is 391 g/mol. The SMILES string of the molecule is CCCNC(Cc1cc(Cl)ccc1Cl)c1sccc1Br. The first-order valence-corrected chi connectivity index (χ1v) is 8.95. The topological polar surface area (TPSA) is 12.0 Å². The molecule has 2 rings (SSSR count). The van der Waals surface area contributed by atoms with Gasteiger partial charge in [0.2, 0.25) is 0 Å². The Morgan fingerprint density at radius 1 is 1.30 bits per heavy atom. The van der Waals surface area contributed by atoms with Crippen LogP contribution in [0.4, 0.5) is 0 Å². The van der Waals surface area contributed by atoms with Crippen molar-refractivity contribution in [1.82, 2.24) is 5.32 Å². The minimum atomic E-state index is 0.250. The van der Waals surface area contributed by atoms with Crippen LogP contribution in [0, 0.1) is 0 Å². The molecule has 0 aliphatic carbocycles. The van der Waals surface area contributed by atoms with Crippen molar-refractivity contribution in [1.29, 1.82) is 0 Å². The zero-order valence-electron chi connectivity index (χ0n) is 11.1. The summed E-state index contributed by atoms with van der Waals surface area (Å²) in [6.07, 6.45) is 1.93. The minimum Gasteiger partial charge on any atom is -0.309 e. The highest BCUT2D eigenvalue weighted by Crippen LogP contribution is 2.33. The van der Waals surface area contributed by atoms with Crippen LogP contribution in [-0.4, -0.2) is 6.54 Å². The van der Waals surface area contributed by atoms with Crippen molar-refractivity contribution in [2.45, 2.75) is 25.8 Å². The van der Waals surface area contributed by atoms with E-state index in [0.717, 1.165) is 39.5 Å².